The van der Waals surface area contributed by atoms with E-state index in [1.165, 1.54) is 31.4 Å². The van der Waals surface area contributed by atoms with Crippen LogP contribution < -0.4 is 5.32 Å². The molecular weight excluding hydrogens is 246 g/mol. The van der Waals surface area contributed by atoms with Crippen LogP contribution in [0.5, 0.6) is 0 Å². The van der Waals surface area contributed by atoms with Gasteiger partial charge in [-0.25, -0.2) is 13.2 Å². The highest BCUT2D eigenvalue weighted by molar-refractivity contribution is 7.91. The lowest BCUT2D eigenvalue weighted by Gasteiger charge is -2.05. The van der Waals surface area contributed by atoms with Crippen LogP contribution in [0.3, 0.4) is 0 Å². The van der Waals surface area contributed by atoms with Crippen molar-refractivity contribution in [3.05, 3.63) is 24.3 Å². The number of amides is 1. The second kappa shape index (κ2) is 5.65. The van der Waals surface area contributed by atoms with E-state index in [1.807, 2.05) is 0 Å². The SMILES string of the molecule is COC(=O)Nc1ccc(S(=O)(=O)CCO)cc1. The Morgan fingerprint density at radius 1 is 1.35 bits per heavy atom. The lowest BCUT2D eigenvalue weighted by molar-refractivity contribution is 0.187. The number of aliphatic hydroxyl groups excluding tert-OH is 1. The topological polar surface area (TPSA) is 92.7 Å². The third kappa shape index (κ3) is 3.72. The van der Waals surface area contributed by atoms with Crippen LogP contribution in [-0.4, -0.2) is 39.1 Å². The molecule has 0 atom stereocenters. The Morgan fingerprint density at radius 2 is 1.94 bits per heavy atom. The van der Waals surface area contributed by atoms with E-state index in [4.69, 9.17) is 5.11 Å². The van der Waals surface area contributed by atoms with Crippen LogP contribution in [0.4, 0.5) is 10.5 Å². The fourth-order valence-corrected chi connectivity index (χ4v) is 2.18. The van der Waals surface area contributed by atoms with E-state index >= 15 is 0 Å². The number of hydrogen-bond donors (Lipinski definition) is 2. The zero-order valence-electron chi connectivity index (χ0n) is 9.21. The highest BCUT2D eigenvalue weighted by Crippen LogP contribution is 2.15. The summed E-state index contributed by atoms with van der Waals surface area (Å²) in [6, 6.07) is 5.61. The van der Waals surface area contributed by atoms with Crippen molar-refractivity contribution >= 4 is 21.6 Å². The maximum atomic E-state index is 11.5. The van der Waals surface area contributed by atoms with Crippen LogP contribution in [0.2, 0.25) is 0 Å². The summed E-state index contributed by atoms with van der Waals surface area (Å²) >= 11 is 0. The maximum Gasteiger partial charge on any atom is 0.411 e. The lowest BCUT2D eigenvalue weighted by Crippen LogP contribution is -2.12. The molecule has 0 bridgehead atoms. The van der Waals surface area contributed by atoms with Crippen molar-refractivity contribution in [3.63, 3.8) is 0 Å². The normalized spacial score (nSPS) is 10.9. The highest BCUT2D eigenvalue weighted by Gasteiger charge is 2.13. The van der Waals surface area contributed by atoms with Crippen molar-refractivity contribution < 1.29 is 23.1 Å². The van der Waals surface area contributed by atoms with Gasteiger partial charge in [-0.05, 0) is 24.3 Å². The van der Waals surface area contributed by atoms with Crippen LogP contribution in [0.15, 0.2) is 29.2 Å². The summed E-state index contributed by atoms with van der Waals surface area (Å²) in [6.45, 7) is -0.426. The van der Waals surface area contributed by atoms with Gasteiger partial charge < -0.3 is 9.84 Å². The summed E-state index contributed by atoms with van der Waals surface area (Å²) in [7, 11) is -2.22. The fraction of sp³-hybridized carbons (Fsp3) is 0.300. The Bertz CT molecular complexity index is 480. The molecule has 1 aromatic rings. The molecule has 94 valence electrons. The number of anilines is 1. The van der Waals surface area contributed by atoms with Gasteiger partial charge in [0.1, 0.15) is 0 Å². The van der Waals surface area contributed by atoms with Crippen LogP contribution >= 0.6 is 0 Å². The number of sulfone groups is 1. The van der Waals surface area contributed by atoms with Crippen molar-refractivity contribution in [2.45, 2.75) is 4.90 Å². The van der Waals surface area contributed by atoms with Crippen LogP contribution in [0, 0.1) is 0 Å². The summed E-state index contributed by atoms with van der Waals surface area (Å²) < 4.78 is 27.5. The number of ether oxygens (including phenoxy) is 1. The van der Waals surface area contributed by atoms with Gasteiger partial charge in [-0.2, -0.15) is 0 Å². The average molecular weight is 259 g/mol. The number of benzene rings is 1. The quantitative estimate of drug-likeness (QED) is 0.827. The van der Waals surface area contributed by atoms with Crippen molar-refractivity contribution in [1.82, 2.24) is 0 Å². The summed E-state index contributed by atoms with van der Waals surface area (Å²) in [6.07, 6.45) is -0.629. The molecule has 1 amide bonds. The Balaban J connectivity index is 2.85. The molecule has 0 saturated carbocycles. The molecule has 0 saturated heterocycles. The molecule has 0 heterocycles. The van der Waals surface area contributed by atoms with Crippen molar-refractivity contribution in [1.29, 1.82) is 0 Å². The molecule has 0 fully saturated rings. The van der Waals surface area contributed by atoms with E-state index < -0.39 is 22.5 Å². The molecule has 0 radical (unpaired) electrons. The number of hydrogen-bond acceptors (Lipinski definition) is 5. The maximum absolute atomic E-state index is 11.5. The Morgan fingerprint density at radius 3 is 2.41 bits per heavy atom. The standard InChI is InChI=1S/C10H13NO5S/c1-16-10(13)11-8-2-4-9(5-3-8)17(14,15)7-6-12/h2-5,12H,6-7H2,1H3,(H,11,13). The van der Waals surface area contributed by atoms with Gasteiger partial charge in [0.15, 0.2) is 9.84 Å². The molecule has 1 rings (SSSR count). The number of carbonyl (C=O) groups excluding carboxylic acids is 1. The number of methoxy groups -OCH3 is 1. The molecule has 0 aliphatic carbocycles. The van der Waals surface area contributed by atoms with Gasteiger partial charge >= 0.3 is 6.09 Å². The van der Waals surface area contributed by atoms with Gasteiger partial charge in [0.05, 0.1) is 24.4 Å². The number of aliphatic hydroxyl groups is 1. The first kappa shape index (κ1) is 13.5. The van der Waals surface area contributed by atoms with E-state index in [0.717, 1.165) is 0 Å². The van der Waals surface area contributed by atoms with Gasteiger partial charge in [0, 0.05) is 5.69 Å². The molecule has 1 aromatic carbocycles. The minimum atomic E-state index is -3.46. The van der Waals surface area contributed by atoms with Gasteiger partial charge in [-0.1, -0.05) is 0 Å². The third-order valence-electron chi connectivity index (χ3n) is 2.01. The number of rotatable bonds is 4. The second-order valence-corrected chi connectivity index (χ2v) is 5.29. The second-order valence-electron chi connectivity index (χ2n) is 3.18. The smallest absolute Gasteiger partial charge is 0.411 e. The van der Waals surface area contributed by atoms with Crippen molar-refractivity contribution in [2.75, 3.05) is 24.8 Å². The van der Waals surface area contributed by atoms with Crippen molar-refractivity contribution in [3.8, 4) is 0 Å². The third-order valence-corrected chi connectivity index (χ3v) is 3.72. The van der Waals surface area contributed by atoms with Crippen LogP contribution in [0.25, 0.3) is 0 Å². The summed E-state index contributed by atoms with van der Waals surface area (Å²) in [5, 5.41) is 11.0. The molecule has 7 heteroatoms. The molecule has 0 unspecified atom stereocenters. The molecule has 17 heavy (non-hydrogen) atoms. The Labute approximate surface area is 99.1 Å². The average Bonchev–Trinajstić information content (AvgIpc) is 2.29. The van der Waals surface area contributed by atoms with E-state index in [0.29, 0.717) is 5.69 Å². The molecule has 0 aliphatic heterocycles. The lowest BCUT2D eigenvalue weighted by atomic mass is 10.3. The Kier molecular flexibility index (Phi) is 4.47. The van der Waals surface area contributed by atoms with Gasteiger partial charge in [-0.15, -0.1) is 0 Å². The van der Waals surface area contributed by atoms with E-state index in [-0.39, 0.29) is 10.6 Å². The first-order chi connectivity index (χ1) is 7.99. The summed E-state index contributed by atoms with van der Waals surface area (Å²) in [5.41, 5.74) is 0.430. The molecule has 0 spiro atoms. The largest absolute Gasteiger partial charge is 0.453 e. The van der Waals surface area contributed by atoms with E-state index in [1.54, 1.807) is 0 Å². The van der Waals surface area contributed by atoms with Crippen LogP contribution in [0.1, 0.15) is 0 Å². The van der Waals surface area contributed by atoms with Crippen molar-refractivity contribution in [2.24, 2.45) is 0 Å². The first-order valence-electron chi connectivity index (χ1n) is 4.78. The molecule has 0 aliphatic rings. The van der Waals surface area contributed by atoms with E-state index in [9.17, 15) is 13.2 Å². The van der Waals surface area contributed by atoms with E-state index in [2.05, 4.69) is 10.1 Å². The number of carbonyl (C=O) groups is 1. The monoisotopic (exact) mass is 259 g/mol. The summed E-state index contributed by atoms with van der Waals surface area (Å²) in [4.78, 5) is 11.0. The van der Waals surface area contributed by atoms with Gasteiger partial charge in [-0.3, -0.25) is 5.32 Å². The Hall–Kier alpha value is -1.60. The fourth-order valence-electron chi connectivity index (χ4n) is 1.15. The predicted octanol–water partition coefficient (Wildman–Crippen LogP) is 0.631. The molecular formula is C10H13NO5S. The van der Waals surface area contributed by atoms with Gasteiger partial charge in [0.25, 0.3) is 0 Å². The minimum absolute atomic E-state index is 0.0990. The predicted molar refractivity (Wildman–Crippen MR) is 61.6 cm³/mol. The highest BCUT2D eigenvalue weighted by atomic mass is 32.2. The zero-order chi connectivity index (χ0) is 12.9. The molecule has 0 aromatic heterocycles. The zero-order valence-corrected chi connectivity index (χ0v) is 10.0. The number of nitrogens with one attached hydrogen (secondary N) is 1. The first-order valence-corrected chi connectivity index (χ1v) is 6.43. The minimum Gasteiger partial charge on any atom is -0.453 e. The van der Waals surface area contributed by atoms with Crippen LogP contribution in [-0.2, 0) is 14.6 Å². The van der Waals surface area contributed by atoms with Gasteiger partial charge in [0.2, 0.25) is 0 Å². The summed E-state index contributed by atoms with van der Waals surface area (Å²) in [5.74, 6) is -0.323. The molecule has 2 N–H and O–H groups in total. The molecule has 6 nitrogen and oxygen atoms in total.